The Morgan fingerprint density at radius 3 is 2.67 bits per heavy atom. The van der Waals surface area contributed by atoms with Crippen LogP contribution in [0.1, 0.15) is 99.3 Å². The van der Waals surface area contributed by atoms with Crippen LogP contribution in [0.4, 0.5) is 0 Å². The molecule has 0 aromatic rings. The summed E-state index contributed by atoms with van der Waals surface area (Å²) >= 11 is 0. The Balaban J connectivity index is 1.93. The third-order valence-corrected chi connectivity index (χ3v) is 7.58. The van der Waals surface area contributed by atoms with Gasteiger partial charge >= 0.3 is 5.97 Å². The van der Waals surface area contributed by atoms with Crippen LogP contribution in [0.25, 0.3) is 0 Å². The van der Waals surface area contributed by atoms with E-state index in [4.69, 9.17) is 4.74 Å². The molecule has 2 saturated carbocycles. The Morgan fingerprint density at radius 1 is 1.30 bits per heavy atom. The van der Waals surface area contributed by atoms with Crippen LogP contribution in [0.5, 0.6) is 0 Å². The molecule has 0 saturated heterocycles. The van der Waals surface area contributed by atoms with Crippen LogP contribution in [0.3, 0.4) is 0 Å². The fourth-order valence-corrected chi connectivity index (χ4v) is 6.19. The second-order valence-corrected chi connectivity index (χ2v) is 10.2. The molecule has 0 unspecified atom stereocenters. The van der Waals surface area contributed by atoms with E-state index in [-0.39, 0.29) is 12.1 Å². The van der Waals surface area contributed by atoms with Crippen LogP contribution in [0.2, 0.25) is 0 Å². The molecule has 0 spiro atoms. The van der Waals surface area contributed by atoms with Crippen molar-refractivity contribution in [1.29, 1.82) is 0 Å². The van der Waals surface area contributed by atoms with E-state index in [1.165, 1.54) is 56.6 Å². The number of carbonyl (C=O) groups excluding carboxylic acids is 1. The van der Waals surface area contributed by atoms with E-state index in [1.807, 2.05) is 6.92 Å². The van der Waals surface area contributed by atoms with Gasteiger partial charge in [0, 0.05) is 6.92 Å². The van der Waals surface area contributed by atoms with Gasteiger partial charge in [-0.1, -0.05) is 51.0 Å². The fraction of sp³-hybridized carbons (Fsp3) is 0.800. The number of rotatable bonds is 7. The summed E-state index contributed by atoms with van der Waals surface area (Å²) in [6.07, 6.45) is 13.3. The molecule has 2 aliphatic rings. The van der Waals surface area contributed by atoms with Crippen molar-refractivity contribution in [3.05, 3.63) is 23.8 Å². The van der Waals surface area contributed by atoms with Crippen LogP contribution >= 0.6 is 0 Å². The highest BCUT2D eigenvalue weighted by Crippen LogP contribution is 2.61. The van der Waals surface area contributed by atoms with E-state index in [0.717, 1.165) is 25.2 Å². The van der Waals surface area contributed by atoms with Crippen molar-refractivity contribution in [3.8, 4) is 0 Å². The van der Waals surface area contributed by atoms with E-state index in [2.05, 4.69) is 40.3 Å². The Bertz CT molecular complexity index is 571. The second-order valence-electron chi connectivity index (χ2n) is 10.2. The largest absolute Gasteiger partial charge is 0.463 e. The van der Waals surface area contributed by atoms with E-state index in [0.29, 0.717) is 16.7 Å². The quantitative estimate of drug-likeness (QED) is 0.346. The smallest absolute Gasteiger partial charge is 0.302 e. The van der Waals surface area contributed by atoms with E-state index < -0.39 is 0 Å². The molecule has 4 atom stereocenters. The third kappa shape index (κ3) is 5.48. The van der Waals surface area contributed by atoms with Gasteiger partial charge in [0.25, 0.3) is 0 Å². The topological polar surface area (TPSA) is 26.3 Å². The Hall–Kier alpha value is -1.05. The summed E-state index contributed by atoms with van der Waals surface area (Å²) in [7, 11) is 0. The van der Waals surface area contributed by atoms with Gasteiger partial charge in [0.1, 0.15) is 0 Å². The van der Waals surface area contributed by atoms with Gasteiger partial charge in [-0.3, -0.25) is 4.79 Å². The van der Waals surface area contributed by atoms with Gasteiger partial charge in [0.2, 0.25) is 0 Å². The predicted octanol–water partition coefficient (Wildman–Crippen LogP) is 7.24. The van der Waals surface area contributed by atoms with Crippen molar-refractivity contribution in [2.24, 2.45) is 22.7 Å². The molecule has 2 rings (SSSR count). The van der Waals surface area contributed by atoms with Gasteiger partial charge in [-0.05, 0) is 87.9 Å². The maximum Gasteiger partial charge on any atom is 0.302 e. The monoisotopic (exact) mass is 374 g/mol. The van der Waals surface area contributed by atoms with Gasteiger partial charge in [-0.25, -0.2) is 0 Å². The number of esters is 1. The second kappa shape index (κ2) is 8.97. The first-order chi connectivity index (χ1) is 12.6. The highest BCUT2D eigenvalue weighted by molar-refractivity contribution is 5.66. The van der Waals surface area contributed by atoms with Crippen molar-refractivity contribution >= 4 is 5.97 Å². The molecule has 27 heavy (non-hydrogen) atoms. The standard InChI is InChI=1S/C25H42O2/c1-18(10-8-11-20(3)27-21(4)26)12-14-22-19(2)13-15-23-24(5,6)16-9-17-25(22,23)7/h10,20,22-23H,2,8-9,11-17H2,1,3-7H3/b18-10+/t20-,22-,23+,25+/m1/s1. The lowest BCUT2D eigenvalue weighted by atomic mass is 9.47. The first kappa shape index (κ1) is 22.2. The summed E-state index contributed by atoms with van der Waals surface area (Å²) < 4.78 is 5.21. The molecule has 0 heterocycles. The van der Waals surface area contributed by atoms with Crippen molar-refractivity contribution in [1.82, 2.24) is 0 Å². The normalized spacial score (nSPS) is 31.9. The van der Waals surface area contributed by atoms with Crippen LogP contribution in [0, 0.1) is 22.7 Å². The first-order valence-electron chi connectivity index (χ1n) is 11.1. The van der Waals surface area contributed by atoms with Gasteiger partial charge in [-0.2, -0.15) is 0 Å². The fourth-order valence-electron chi connectivity index (χ4n) is 6.19. The molecule has 2 fully saturated rings. The lowest BCUT2D eigenvalue weighted by Crippen LogP contribution is -2.49. The molecule has 0 amide bonds. The summed E-state index contributed by atoms with van der Waals surface area (Å²) in [5.41, 5.74) is 3.88. The lowest BCUT2D eigenvalue weighted by Gasteiger charge is -2.58. The summed E-state index contributed by atoms with van der Waals surface area (Å²) in [5, 5.41) is 0. The van der Waals surface area contributed by atoms with Crippen molar-refractivity contribution in [2.45, 2.75) is 105 Å². The molecule has 0 aliphatic heterocycles. The zero-order valence-electron chi connectivity index (χ0n) is 18.7. The summed E-state index contributed by atoms with van der Waals surface area (Å²) in [4.78, 5) is 11.0. The molecular weight excluding hydrogens is 332 g/mol. The molecule has 0 aromatic carbocycles. The SMILES string of the molecule is C=C1CC[C@H]2C(C)(C)CCC[C@@]2(C)[C@@H]1CC/C(C)=C/CC[C@@H](C)OC(C)=O. The average molecular weight is 375 g/mol. The molecular formula is C25H42O2. The third-order valence-electron chi connectivity index (χ3n) is 7.58. The van der Waals surface area contributed by atoms with Crippen LogP contribution in [-0.2, 0) is 9.53 Å². The zero-order chi connectivity index (χ0) is 20.2. The molecule has 0 N–H and O–H groups in total. The lowest BCUT2D eigenvalue weighted by molar-refractivity contribution is -0.145. The Kier molecular flexibility index (Phi) is 7.39. The van der Waals surface area contributed by atoms with Gasteiger partial charge < -0.3 is 4.74 Å². The Labute approximate surface area is 167 Å². The van der Waals surface area contributed by atoms with Crippen LogP contribution in [-0.4, -0.2) is 12.1 Å². The molecule has 2 heteroatoms. The van der Waals surface area contributed by atoms with E-state index in [1.54, 1.807) is 0 Å². The number of hydrogen-bond donors (Lipinski definition) is 0. The highest BCUT2D eigenvalue weighted by Gasteiger charge is 2.52. The van der Waals surface area contributed by atoms with Crippen LogP contribution < -0.4 is 0 Å². The summed E-state index contributed by atoms with van der Waals surface area (Å²) in [5.74, 6) is 1.32. The van der Waals surface area contributed by atoms with Crippen LogP contribution in [0.15, 0.2) is 23.8 Å². The van der Waals surface area contributed by atoms with Gasteiger partial charge in [0.15, 0.2) is 0 Å². The Morgan fingerprint density at radius 2 is 2.00 bits per heavy atom. The van der Waals surface area contributed by atoms with Crippen molar-refractivity contribution in [2.75, 3.05) is 0 Å². The van der Waals surface area contributed by atoms with Gasteiger partial charge in [0.05, 0.1) is 6.10 Å². The highest BCUT2D eigenvalue weighted by atomic mass is 16.5. The molecule has 0 aromatic heterocycles. The number of ether oxygens (including phenoxy) is 1. The predicted molar refractivity (Wildman–Crippen MR) is 115 cm³/mol. The summed E-state index contributed by atoms with van der Waals surface area (Å²) in [6, 6.07) is 0. The first-order valence-corrected chi connectivity index (χ1v) is 11.1. The van der Waals surface area contributed by atoms with Crippen molar-refractivity contribution < 1.29 is 9.53 Å². The number of hydrogen-bond acceptors (Lipinski definition) is 2. The minimum atomic E-state index is -0.183. The number of fused-ring (bicyclic) bond motifs is 1. The molecule has 154 valence electrons. The van der Waals surface area contributed by atoms with Crippen molar-refractivity contribution in [3.63, 3.8) is 0 Å². The average Bonchev–Trinajstić information content (AvgIpc) is 2.52. The maximum atomic E-state index is 11.0. The molecule has 0 bridgehead atoms. The van der Waals surface area contributed by atoms with E-state index >= 15 is 0 Å². The van der Waals surface area contributed by atoms with E-state index in [9.17, 15) is 4.79 Å². The molecule has 0 radical (unpaired) electrons. The summed E-state index contributed by atoms with van der Waals surface area (Å²) in [6.45, 7) is 17.8. The minimum absolute atomic E-state index is 0.00816. The zero-order valence-corrected chi connectivity index (χ0v) is 18.7. The number of allylic oxidation sites excluding steroid dienone is 3. The minimum Gasteiger partial charge on any atom is -0.463 e. The maximum absolute atomic E-state index is 11.0. The molecule has 2 nitrogen and oxygen atoms in total. The number of carbonyl (C=O) groups is 1. The molecule has 2 aliphatic carbocycles. The van der Waals surface area contributed by atoms with Gasteiger partial charge in [-0.15, -0.1) is 0 Å².